The molecule has 4 N–H and O–H groups in total. The van der Waals surface area contributed by atoms with Gasteiger partial charge < -0.3 is 34.3 Å². The van der Waals surface area contributed by atoms with Crippen LogP contribution in [0.15, 0.2) is 12.2 Å². The topological polar surface area (TPSA) is 266 Å². The van der Waals surface area contributed by atoms with Crippen LogP contribution in [0, 0.1) is 40.4 Å². The fraction of sp³-hybridized carbons (Fsp3) is 0.824. The molecule has 0 aromatic rings. The van der Waals surface area contributed by atoms with Crippen LogP contribution in [0.4, 0.5) is 0 Å². The Bertz CT molecular complexity index is 1560. The molecule has 8 unspecified atom stereocenters. The number of thiol groups is 1. The van der Waals surface area contributed by atoms with E-state index in [4.69, 9.17) is 33.1 Å². The molecule has 5 rings (SSSR count). The van der Waals surface area contributed by atoms with Crippen LogP contribution in [0.25, 0.3) is 0 Å². The zero-order chi connectivity index (χ0) is 40.5. The Morgan fingerprint density at radius 1 is 1.02 bits per heavy atom. The molecule has 1 spiro atoms. The summed E-state index contributed by atoms with van der Waals surface area (Å²) >= 11 is 3.34. The van der Waals surface area contributed by atoms with Crippen LogP contribution in [0.1, 0.15) is 85.0 Å². The first-order chi connectivity index (χ1) is 25.8. The molecule has 0 aromatic heterocycles. The fourth-order valence-electron chi connectivity index (χ4n) is 10.2. The van der Waals surface area contributed by atoms with E-state index in [2.05, 4.69) is 33.9 Å². The first-order valence-corrected chi connectivity index (χ1v) is 20.0. The minimum Gasteiger partial charge on any atom is -0.481 e. The van der Waals surface area contributed by atoms with Crippen LogP contribution in [0.2, 0.25) is 0 Å². The molecule has 4 aliphatic carbocycles. The van der Waals surface area contributed by atoms with E-state index in [1.807, 2.05) is 6.92 Å². The van der Waals surface area contributed by atoms with Crippen molar-refractivity contribution in [3.05, 3.63) is 12.2 Å². The third kappa shape index (κ3) is 9.65. The van der Waals surface area contributed by atoms with Crippen molar-refractivity contribution in [2.75, 3.05) is 6.61 Å². The SMILES string of the molecule is C=C1C2CCC3C4(C)CC(O[C@H]5O[C@H](COC(=O)CCC(=O)O)[C@@H](OOOOS)[C@@H](OS(=O)(=O)O)C5OC(=O)CC(C)C)CC(C(=O)O)C4CCC3(C2)[C@H]1O. The van der Waals surface area contributed by atoms with Crippen molar-refractivity contribution < 1.29 is 89.9 Å². The third-order valence-corrected chi connectivity index (χ3v) is 12.8. The smallest absolute Gasteiger partial charge is 0.397 e. The van der Waals surface area contributed by atoms with Crippen LogP contribution < -0.4 is 0 Å². The van der Waals surface area contributed by atoms with Gasteiger partial charge in [-0.3, -0.25) is 23.7 Å². The van der Waals surface area contributed by atoms with E-state index in [9.17, 15) is 42.4 Å². The fourth-order valence-corrected chi connectivity index (χ4v) is 10.7. The Balaban J connectivity index is 1.51. The first-order valence-electron chi connectivity index (χ1n) is 18.2. The molecular weight excluding hydrogens is 776 g/mol. The van der Waals surface area contributed by atoms with E-state index < -0.39 is 113 Å². The minimum absolute atomic E-state index is 0.0193. The molecule has 1 aliphatic heterocycles. The predicted octanol–water partition coefficient (Wildman–Crippen LogP) is 2.92. The number of fused-ring (bicyclic) bond motifs is 3. The quantitative estimate of drug-likeness (QED) is 0.0162. The summed E-state index contributed by atoms with van der Waals surface area (Å²) in [7, 11) is -5.39. The van der Waals surface area contributed by atoms with E-state index in [0.29, 0.717) is 12.8 Å². The van der Waals surface area contributed by atoms with Crippen molar-refractivity contribution in [3.63, 3.8) is 0 Å². The molecule has 1 saturated heterocycles. The summed E-state index contributed by atoms with van der Waals surface area (Å²) in [4.78, 5) is 54.7. The number of carboxylic acids is 2. The van der Waals surface area contributed by atoms with Gasteiger partial charge in [-0.25, -0.2) is 4.18 Å². The number of carbonyl (C=O) groups excluding carboxylic acids is 2. The van der Waals surface area contributed by atoms with Crippen LogP contribution in [0.5, 0.6) is 0 Å². The van der Waals surface area contributed by atoms with E-state index in [0.717, 1.165) is 24.8 Å². The summed E-state index contributed by atoms with van der Waals surface area (Å²) in [5.74, 6) is -5.53. The van der Waals surface area contributed by atoms with Gasteiger partial charge in [0.15, 0.2) is 24.6 Å². The summed E-state index contributed by atoms with van der Waals surface area (Å²) < 4.78 is 67.0. The second-order valence-electron chi connectivity index (χ2n) is 16.0. The van der Waals surface area contributed by atoms with Gasteiger partial charge in [0.2, 0.25) is 0 Å². The number of aliphatic hydroxyl groups excluding tert-OH is 1. The lowest BCUT2D eigenvalue weighted by molar-refractivity contribution is -0.620. The van der Waals surface area contributed by atoms with Crippen molar-refractivity contribution in [3.8, 4) is 0 Å². The number of aliphatic carboxylic acids is 2. The molecule has 0 radical (unpaired) electrons. The second kappa shape index (κ2) is 17.6. The van der Waals surface area contributed by atoms with Gasteiger partial charge in [0.05, 0.1) is 31.0 Å². The number of esters is 2. The number of aliphatic hydroxyl groups is 1. The van der Waals surface area contributed by atoms with Crippen LogP contribution in [-0.2, 0) is 72.0 Å². The molecule has 0 amide bonds. The van der Waals surface area contributed by atoms with E-state index >= 15 is 0 Å². The zero-order valence-corrected chi connectivity index (χ0v) is 32.4. The Labute approximate surface area is 323 Å². The molecule has 0 aromatic carbocycles. The lowest BCUT2D eigenvalue weighted by Crippen LogP contribution is -2.64. The predicted molar refractivity (Wildman–Crippen MR) is 184 cm³/mol. The highest BCUT2D eigenvalue weighted by atomic mass is 32.3. The summed E-state index contributed by atoms with van der Waals surface area (Å²) in [5.41, 5.74) is -0.358. The van der Waals surface area contributed by atoms with Crippen LogP contribution >= 0.6 is 12.9 Å². The lowest BCUT2D eigenvalue weighted by Gasteiger charge is -2.62. The lowest BCUT2D eigenvalue weighted by atomic mass is 9.43. The van der Waals surface area contributed by atoms with Gasteiger partial charge in [-0.05, 0) is 89.7 Å². The van der Waals surface area contributed by atoms with E-state index in [1.165, 1.54) is 0 Å². The van der Waals surface area contributed by atoms with Crippen molar-refractivity contribution in [1.29, 1.82) is 0 Å². The van der Waals surface area contributed by atoms with Crippen molar-refractivity contribution >= 4 is 47.2 Å². The van der Waals surface area contributed by atoms with Gasteiger partial charge in [-0.1, -0.05) is 27.4 Å². The Hall–Kier alpha value is -2.44. The number of rotatable bonds is 17. The molecule has 5 fully saturated rings. The number of carbonyl (C=O) groups is 4. The summed E-state index contributed by atoms with van der Waals surface area (Å²) in [6.07, 6.45) is -8.42. The van der Waals surface area contributed by atoms with Gasteiger partial charge in [0, 0.05) is 24.7 Å². The van der Waals surface area contributed by atoms with Gasteiger partial charge in [-0.2, -0.15) is 13.3 Å². The molecule has 19 nitrogen and oxygen atoms in total. The Morgan fingerprint density at radius 2 is 1.75 bits per heavy atom. The monoisotopic (exact) mass is 826 g/mol. The molecule has 2 bridgehead atoms. The maximum absolute atomic E-state index is 13.2. The first kappa shape index (κ1) is 43.7. The highest BCUT2D eigenvalue weighted by molar-refractivity contribution is 7.80. The van der Waals surface area contributed by atoms with Crippen molar-refractivity contribution in [1.82, 2.24) is 0 Å². The van der Waals surface area contributed by atoms with Gasteiger partial charge in [-0.15, -0.1) is 4.33 Å². The minimum atomic E-state index is -5.39. The highest BCUT2D eigenvalue weighted by Crippen LogP contribution is 2.70. The molecular formula is C34H50O19S2. The van der Waals surface area contributed by atoms with E-state index in [-0.39, 0.29) is 42.9 Å². The number of carboxylic acid groups (broad SMARTS) is 2. The Kier molecular flexibility index (Phi) is 14.0. The van der Waals surface area contributed by atoms with Crippen LogP contribution in [0.3, 0.4) is 0 Å². The summed E-state index contributed by atoms with van der Waals surface area (Å²) in [6.45, 7) is 8.86. The Morgan fingerprint density at radius 3 is 2.38 bits per heavy atom. The average Bonchev–Trinajstić information content (AvgIpc) is 3.26. The summed E-state index contributed by atoms with van der Waals surface area (Å²) in [5, 5.41) is 39.7. The molecule has 312 valence electrons. The molecule has 55 heavy (non-hydrogen) atoms. The number of ether oxygens (including phenoxy) is 4. The van der Waals surface area contributed by atoms with Gasteiger partial charge in [0.25, 0.3) is 0 Å². The average molecular weight is 827 g/mol. The molecule has 1 heterocycles. The van der Waals surface area contributed by atoms with Crippen LogP contribution in [-0.4, -0.2) is 102 Å². The standard InChI is InChI=1S/C34H50O19S2/c1-16(2)11-26(38)48-29-28(50-55(42,43)44)27(49-51-52-53-54)22(15-45-25(37)8-7-24(35)36)47-32(29)46-19-12-20(31(40)41)21-9-10-34-13-18(17(3)30(34)39)5-6-23(34)33(21,4)14-19/h16,18-23,27-30,32,39,54H,3,5-15H2,1-2,4H3,(H,35,36)(H,40,41)(H,42,43,44)/t18?,19?,20?,21?,22-,23?,27-,28-,29?,30+,32+,33?,34?/m1/s1. The maximum atomic E-state index is 13.2. The second-order valence-corrected chi connectivity index (χ2v) is 17.2. The molecule has 5 aliphatic rings. The molecule has 4 saturated carbocycles. The third-order valence-electron chi connectivity index (χ3n) is 12.2. The molecule has 21 heteroatoms. The summed E-state index contributed by atoms with van der Waals surface area (Å²) in [6, 6.07) is 0. The van der Waals surface area contributed by atoms with Crippen molar-refractivity contribution in [2.45, 2.75) is 128 Å². The largest absolute Gasteiger partial charge is 0.481 e. The van der Waals surface area contributed by atoms with E-state index in [1.54, 1.807) is 13.8 Å². The molecule has 13 atom stereocenters. The van der Waals surface area contributed by atoms with Gasteiger partial charge in [0.1, 0.15) is 12.7 Å². The zero-order valence-electron chi connectivity index (χ0n) is 30.7. The number of hydrogen-bond acceptors (Lipinski definition) is 17. The number of hydrogen-bond donors (Lipinski definition) is 5. The normalized spacial score (nSPS) is 38.5. The van der Waals surface area contributed by atoms with Gasteiger partial charge >= 0.3 is 34.3 Å². The van der Waals surface area contributed by atoms with Crippen molar-refractivity contribution in [2.24, 2.45) is 40.4 Å². The highest BCUT2D eigenvalue weighted by Gasteiger charge is 2.67. The maximum Gasteiger partial charge on any atom is 0.397 e.